The van der Waals surface area contributed by atoms with Crippen molar-refractivity contribution in [2.24, 2.45) is 5.73 Å². The largest absolute Gasteiger partial charge is 0.346 e. The number of aryl methyl sites for hydroxylation is 2. The van der Waals surface area contributed by atoms with E-state index in [9.17, 15) is 0 Å². The van der Waals surface area contributed by atoms with E-state index in [1.165, 1.54) is 48.1 Å². The predicted octanol–water partition coefficient (Wildman–Crippen LogP) is 2.00. The Labute approximate surface area is 139 Å². The first-order valence-corrected chi connectivity index (χ1v) is 9.05. The van der Waals surface area contributed by atoms with E-state index in [1.807, 2.05) is 0 Å². The van der Waals surface area contributed by atoms with Gasteiger partial charge in [0.1, 0.15) is 0 Å². The molecule has 23 heavy (non-hydrogen) atoms. The molecule has 0 amide bonds. The summed E-state index contributed by atoms with van der Waals surface area (Å²) in [5.41, 5.74) is 10.0. The number of fused-ring (bicyclic) bond motifs is 1. The van der Waals surface area contributed by atoms with Crippen LogP contribution in [0.4, 0.5) is 0 Å². The Balaban J connectivity index is 1.72. The van der Waals surface area contributed by atoms with Gasteiger partial charge in [0.2, 0.25) is 0 Å². The number of nitrogens with zero attached hydrogens (tertiary/aromatic N) is 2. The van der Waals surface area contributed by atoms with Gasteiger partial charge in [-0.3, -0.25) is 0 Å². The number of rotatable bonds is 7. The number of benzene rings is 1. The molecule has 1 aliphatic rings. The van der Waals surface area contributed by atoms with Gasteiger partial charge >= 0.3 is 0 Å². The average Bonchev–Trinajstić information content (AvgIpc) is 2.93. The molecule has 0 bridgehead atoms. The summed E-state index contributed by atoms with van der Waals surface area (Å²) >= 11 is 0. The van der Waals surface area contributed by atoms with E-state index in [0.717, 1.165) is 32.5 Å². The third kappa shape index (κ3) is 3.94. The fraction of sp³-hybridized carbons (Fsp3) is 0.579. The van der Waals surface area contributed by atoms with Crippen LogP contribution in [0, 0.1) is 0 Å². The molecule has 1 aromatic carbocycles. The highest BCUT2D eigenvalue weighted by Gasteiger charge is 2.11. The molecule has 0 saturated carbocycles. The second-order valence-electron chi connectivity index (χ2n) is 6.54. The van der Waals surface area contributed by atoms with Crippen molar-refractivity contribution in [2.45, 2.75) is 32.7 Å². The van der Waals surface area contributed by atoms with Crippen LogP contribution in [0.15, 0.2) is 24.4 Å². The maximum absolute atomic E-state index is 5.78. The Hall–Kier alpha value is -1.36. The molecule has 0 spiro atoms. The van der Waals surface area contributed by atoms with E-state index in [1.54, 1.807) is 0 Å². The molecule has 0 unspecified atom stereocenters. The minimum atomic E-state index is 0.694. The minimum absolute atomic E-state index is 0.694. The van der Waals surface area contributed by atoms with Crippen LogP contribution in [0.2, 0.25) is 0 Å². The van der Waals surface area contributed by atoms with Crippen LogP contribution in [0.5, 0.6) is 0 Å². The number of aromatic nitrogens is 1. The quantitative estimate of drug-likeness (QED) is 0.822. The Kier molecular flexibility index (Phi) is 5.70. The average molecular weight is 314 g/mol. The first-order valence-electron chi connectivity index (χ1n) is 9.05. The standard InChI is InChI=1S/C19H30N4/c1-2-16-5-6-19-18(14-16)17(15-23(19)11-7-20)4-3-10-22-12-8-21-9-13-22/h5-6,14-15,21H,2-4,7-13,20H2,1H3. The van der Waals surface area contributed by atoms with Gasteiger partial charge in [-0.2, -0.15) is 0 Å². The van der Waals surface area contributed by atoms with Crippen molar-refractivity contribution >= 4 is 10.9 Å². The monoisotopic (exact) mass is 314 g/mol. The fourth-order valence-corrected chi connectivity index (χ4v) is 3.59. The Morgan fingerprint density at radius 3 is 2.74 bits per heavy atom. The lowest BCUT2D eigenvalue weighted by molar-refractivity contribution is 0.238. The van der Waals surface area contributed by atoms with Crippen molar-refractivity contribution in [2.75, 3.05) is 39.3 Å². The third-order valence-corrected chi connectivity index (χ3v) is 4.94. The van der Waals surface area contributed by atoms with Crippen LogP contribution in [-0.2, 0) is 19.4 Å². The van der Waals surface area contributed by atoms with Crippen molar-refractivity contribution in [1.29, 1.82) is 0 Å². The maximum atomic E-state index is 5.78. The van der Waals surface area contributed by atoms with Crippen molar-refractivity contribution < 1.29 is 0 Å². The minimum Gasteiger partial charge on any atom is -0.346 e. The van der Waals surface area contributed by atoms with Gasteiger partial charge in [0, 0.05) is 56.4 Å². The molecule has 0 aliphatic carbocycles. The molecular formula is C19H30N4. The van der Waals surface area contributed by atoms with Gasteiger partial charge in [-0.15, -0.1) is 0 Å². The molecule has 2 heterocycles. The third-order valence-electron chi connectivity index (χ3n) is 4.94. The molecule has 0 radical (unpaired) electrons. The first-order chi connectivity index (χ1) is 11.3. The van der Waals surface area contributed by atoms with Gasteiger partial charge in [0.05, 0.1) is 0 Å². The fourth-order valence-electron chi connectivity index (χ4n) is 3.59. The molecule has 4 heteroatoms. The normalized spacial score (nSPS) is 16.3. The van der Waals surface area contributed by atoms with Crippen molar-refractivity contribution in [3.8, 4) is 0 Å². The van der Waals surface area contributed by atoms with Crippen molar-refractivity contribution in [3.63, 3.8) is 0 Å². The number of piperazine rings is 1. The first kappa shape index (κ1) is 16.5. The van der Waals surface area contributed by atoms with E-state index in [2.05, 4.69) is 46.1 Å². The molecule has 2 aromatic rings. The molecule has 126 valence electrons. The molecule has 3 rings (SSSR count). The van der Waals surface area contributed by atoms with Crippen molar-refractivity contribution in [1.82, 2.24) is 14.8 Å². The van der Waals surface area contributed by atoms with E-state index < -0.39 is 0 Å². The summed E-state index contributed by atoms with van der Waals surface area (Å²) in [6, 6.07) is 6.89. The molecule has 1 aliphatic heterocycles. The zero-order valence-corrected chi connectivity index (χ0v) is 14.4. The van der Waals surface area contributed by atoms with Crippen LogP contribution in [0.3, 0.4) is 0 Å². The number of nitrogens with two attached hydrogens (primary N) is 1. The van der Waals surface area contributed by atoms with Crippen LogP contribution >= 0.6 is 0 Å². The summed E-state index contributed by atoms with van der Waals surface area (Å²) in [6.07, 6.45) is 5.82. The van der Waals surface area contributed by atoms with Gasteiger partial charge in [0.25, 0.3) is 0 Å². The van der Waals surface area contributed by atoms with Gasteiger partial charge in [-0.05, 0) is 49.1 Å². The lowest BCUT2D eigenvalue weighted by atomic mass is 10.0. The van der Waals surface area contributed by atoms with Crippen LogP contribution in [0.1, 0.15) is 24.5 Å². The Morgan fingerprint density at radius 2 is 2.00 bits per heavy atom. The second-order valence-corrected chi connectivity index (χ2v) is 6.54. The van der Waals surface area contributed by atoms with Gasteiger partial charge in [-0.1, -0.05) is 13.0 Å². The molecule has 0 atom stereocenters. The molecule has 4 nitrogen and oxygen atoms in total. The van der Waals surface area contributed by atoms with Gasteiger partial charge in [0.15, 0.2) is 0 Å². The van der Waals surface area contributed by atoms with Gasteiger partial charge < -0.3 is 20.5 Å². The summed E-state index contributed by atoms with van der Waals surface area (Å²) in [5, 5.41) is 4.85. The molecule has 3 N–H and O–H groups in total. The Morgan fingerprint density at radius 1 is 1.17 bits per heavy atom. The second kappa shape index (κ2) is 7.95. The molecule has 1 aromatic heterocycles. The highest BCUT2D eigenvalue weighted by atomic mass is 15.2. The summed E-state index contributed by atoms with van der Waals surface area (Å²) in [6.45, 7) is 9.68. The van der Waals surface area contributed by atoms with E-state index in [0.29, 0.717) is 6.54 Å². The predicted molar refractivity (Wildman–Crippen MR) is 98.0 cm³/mol. The zero-order valence-electron chi connectivity index (χ0n) is 14.4. The molecule has 1 fully saturated rings. The number of hydrogen-bond donors (Lipinski definition) is 2. The zero-order chi connectivity index (χ0) is 16.1. The van der Waals surface area contributed by atoms with E-state index in [4.69, 9.17) is 5.73 Å². The molecular weight excluding hydrogens is 284 g/mol. The highest BCUT2D eigenvalue weighted by Crippen LogP contribution is 2.24. The topological polar surface area (TPSA) is 46.2 Å². The lowest BCUT2D eigenvalue weighted by Gasteiger charge is -2.26. The lowest BCUT2D eigenvalue weighted by Crippen LogP contribution is -2.43. The van der Waals surface area contributed by atoms with Crippen LogP contribution < -0.4 is 11.1 Å². The van der Waals surface area contributed by atoms with Crippen LogP contribution in [-0.4, -0.2) is 48.7 Å². The number of hydrogen-bond acceptors (Lipinski definition) is 3. The number of nitrogens with one attached hydrogen (secondary N) is 1. The summed E-state index contributed by atoms with van der Waals surface area (Å²) in [5.74, 6) is 0. The van der Waals surface area contributed by atoms with Crippen molar-refractivity contribution in [3.05, 3.63) is 35.5 Å². The smallest absolute Gasteiger partial charge is 0.0483 e. The summed E-state index contributed by atoms with van der Waals surface area (Å²) in [4.78, 5) is 2.58. The van der Waals surface area contributed by atoms with Crippen LogP contribution in [0.25, 0.3) is 10.9 Å². The summed E-state index contributed by atoms with van der Waals surface area (Å²) in [7, 11) is 0. The van der Waals surface area contributed by atoms with E-state index >= 15 is 0 Å². The SMILES string of the molecule is CCc1ccc2c(c1)c(CCCN1CCNCC1)cn2CCN. The highest BCUT2D eigenvalue weighted by molar-refractivity contribution is 5.84. The maximum Gasteiger partial charge on any atom is 0.0483 e. The Bertz CT molecular complexity index is 626. The molecule has 1 saturated heterocycles. The van der Waals surface area contributed by atoms with Gasteiger partial charge in [-0.25, -0.2) is 0 Å². The van der Waals surface area contributed by atoms with E-state index in [-0.39, 0.29) is 0 Å². The summed E-state index contributed by atoms with van der Waals surface area (Å²) < 4.78 is 2.33.